The Kier molecular flexibility index (Phi) is 9.16. The number of anilines is 1. The molecule has 1 aliphatic heterocycles. The topological polar surface area (TPSA) is 84.9 Å². The molecule has 9 heteroatoms. The van der Waals surface area contributed by atoms with Crippen LogP contribution < -0.4 is 14.8 Å². The van der Waals surface area contributed by atoms with E-state index >= 15 is 0 Å². The van der Waals surface area contributed by atoms with Gasteiger partial charge in [0.15, 0.2) is 18.1 Å². The van der Waals surface area contributed by atoms with Crippen LogP contribution in [0.4, 0.5) is 10.5 Å². The van der Waals surface area contributed by atoms with Crippen molar-refractivity contribution in [1.29, 1.82) is 0 Å². The Bertz CT molecular complexity index is 1190. The number of carbonyl (C=O) groups excluding carboxylic acids is 3. The Morgan fingerprint density at radius 1 is 1.14 bits per heavy atom. The molecule has 4 rings (SSSR count). The molecule has 0 bridgehead atoms. The minimum Gasteiger partial charge on any atom is -0.490 e. The van der Waals surface area contributed by atoms with E-state index in [1.807, 2.05) is 38.1 Å². The highest BCUT2D eigenvalue weighted by Gasteiger charge is 2.36. The van der Waals surface area contributed by atoms with E-state index < -0.39 is 0 Å². The summed E-state index contributed by atoms with van der Waals surface area (Å²) in [6, 6.07) is 10.8. The molecule has 0 spiro atoms. The molecule has 0 radical (unpaired) electrons. The van der Waals surface area contributed by atoms with Crippen molar-refractivity contribution in [2.24, 2.45) is 5.92 Å². The smallest absolute Gasteiger partial charge is 0.293 e. The summed E-state index contributed by atoms with van der Waals surface area (Å²) in [4.78, 5) is 39.6. The van der Waals surface area contributed by atoms with Crippen molar-refractivity contribution < 1.29 is 23.9 Å². The van der Waals surface area contributed by atoms with E-state index in [9.17, 15) is 14.4 Å². The molecule has 1 N–H and O–H groups in total. The van der Waals surface area contributed by atoms with Gasteiger partial charge in [0.25, 0.3) is 17.1 Å². The first kappa shape index (κ1) is 27.1. The zero-order valence-corrected chi connectivity index (χ0v) is 22.6. The van der Waals surface area contributed by atoms with E-state index in [-0.39, 0.29) is 34.4 Å². The van der Waals surface area contributed by atoms with E-state index in [2.05, 4.69) is 5.32 Å². The number of ether oxygens (including phenoxy) is 2. The number of carbonyl (C=O) groups is 3. The first-order valence-corrected chi connectivity index (χ1v) is 13.7. The van der Waals surface area contributed by atoms with E-state index in [0.717, 1.165) is 43.0 Å². The van der Waals surface area contributed by atoms with Crippen LogP contribution in [0.3, 0.4) is 0 Å². The first-order valence-electron chi connectivity index (χ1n) is 12.5. The van der Waals surface area contributed by atoms with Crippen LogP contribution in [0, 0.1) is 12.8 Å². The zero-order valence-electron chi connectivity index (χ0n) is 21.1. The second-order valence-electron chi connectivity index (χ2n) is 9.26. The molecule has 196 valence electrons. The van der Waals surface area contributed by atoms with E-state index in [0.29, 0.717) is 41.0 Å². The van der Waals surface area contributed by atoms with Gasteiger partial charge in [0, 0.05) is 12.2 Å². The molecule has 2 aromatic carbocycles. The molecule has 0 unspecified atom stereocenters. The van der Waals surface area contributed by atoms with Gasteiger partial charge in [-0.05, 0) is 80.3 Å². The Morgan fingerprint density at radius 2 is 1.86 bits per heavy atom. The average Bonchev–Trinajstić information content (AvgIpc) is 3.13. The largest absolute Gasteiger partial charge is 0.490 e. The van der Waals surface area contributed by atoms with Crippen molar-refractivity contribution in [1.82, 2.24) is 4.90 Å². The number of benzene rings is 2. The van der Waals surface area contributed by atoms with Gasteiger partial charge in [-0.25, -0.2) is 0 Å². The van der Waals surface area contributed by atoms with Gasteiger partial charge in [-0.1, -0.05) is 48.6 Å². The highest BCUT2D eigenvalue weighted by Crippen LogP contribution is 2.39. The van der Waals surface area contributed by atoms with E-state index in [1.54, 1.807) is 18.2 Å². The van der Waals surface area contributed by atoms with Crippen LogP contribution in [-0.4, -0.2) is 41.7 Å². The lowest BCUT2D eigenvalue weighted by Crippen LogP contribution is -2.34. The monoisotopic (exact) mass is 542 g/mol. The lowest BCUT2D eigenvalue weighted by atomic mass is 9.89. The van der Waals surface area contributed by atoms with Crippen LogP contribution in [0.2, 0.25) is 5.02 Å². The molecular weight excluding hydrogens is 512 g/mol. The molecule has 2 aromatic rings. The molecule has 1 heterocycles. The van der Waals surface area contributed by atoms with Gasteiger partial charge in [-0.3, -0.25) is 19.3 Å². The minimum atomic E-state index is -0.335. The summed E-state index contributed by atoms with van der Waals surface area (Å²) in [5, 5.41) is 2.78. The van der Waals surface area contributed by atoms with Crippen molar-refractivity contribution in [3.05, 3.63) is 57.5 Å². The predicted octanol–water partition coefficient (Wildman–Crippen LogP) is 6.68. The number of amides is 3. The van der Waals surface area contributed by atoms with Crippen LogP contribution >= 0.6 is 23.4 Å². The van der Waals surface area contributed by atoms with Gasteiger partial charge in [0.1, 0.15) is 0 Å². The molecule has 1 saturated carbocycles. The third-order valence-corrected chi connectivity index (χ3v) is 7.54. The quantitative estimate of drug-likeness (QED) is 0.356. The third-order valence-electron chi connectivity index (χ3n) is 6.35. The van der Waals surface area contributed by atoms with Gasteiger partial charge in [0.2, 0.25) is 0 Å². The number of nitrogens with zero attached hydrogens (tertiary/aromatic N) is 1. The van der Waals surface area contributed by atoms with Gasteiger partial charge in [0.05, 0.1) is 16.5 Å². The van der Waals surface area contributed by atoms with Crippen LogP contribution in [-0.2, 0) is 9.59 Å². The fourth-order valence-corrected chi connectivity index (χ4v) is 5.60. The zero-order chi connectivity index (χ0) is 26.4. The summed E-state index contributed by atoms with van der Waals surface area (Å²) in [5.41, 5.74) is 2.37. The highest BCUT2D eigenvalue weighted by molar-refractivity contribution is 8.18. The molecule has 1 aliphatic carbocycles. The highest BCUT2D eigenvalue weighted by atomic mass is 35.5. The van der Waals surface area contributed by atoms with Gasteiger partial charge >= 0.3 is 0 Å². The summed E-state index contributed by atoms with van der Waals surface area (Å²) in [5.74, 6) is 0.358. The fraction of sp³-hybridized carbons (Fsp3) is 0.393. The summed E-state index contributed by atoms with van der Waals surface area (Å²) < 4.78 is 11.4. The predicted molar refractivity (Wildman–Crippen MR) is 147 cm³/mol. The van der Waals surface area contributed by atoms with Crippen LogP contribution in [0.1, 0.15) is 50.2 Å². The molecule has 2 aliphatic rings. The van der Waals surface area contributed by atoms with Crippen molar-refractivity contribution in [3.63, 3.8) is 0 Å². The van der Waals surface area contributed by atoms with Crippen molar-refractivity contribution >= 4 is 52.2 Å². The number of hydrogen-bond acceptors (Lipinski definition) is 6. The number of imide groups is 1. The van der Waals surface area contributed by atoms with Gasteiger partial charge < -0.3 is 14.8 Å². The second-order valence-corrected chi connectivity index (χ2v) is 10.7. The van der Waals surface area contributed by atoms with Crippen molar-refractivity contribution in [2.45, 2.75) is 46.0 Å². The van der Waals surface area contributed by atoms with Crippen LogP contribution in [0.5, 0.6) is 11.5 Å². The summed E-state index contributed by atoms with van der Waals surface area (Å²) in [6.07, 6.45) is 7.28. The maximum atomic E-state index is 13.0. The molecule has 1 saturated heterocycles. The normalized spacial score (nSPS) is 17.4. The number of thioether (sulfide) groups is 1. The molecular formula is C28H31ClN2O5S. The van der Waals surface area contributed by atoms with E-state index in [4.69, 9.17) is 21.1 Å². The van der Waals surface area contributed by atoms with Crippen LogP contribution in [0.25, 0.3) is 6.08 Å². The molecule has 7 nitrogen and oxygen atoms in total. The number of hydrogen-bond donors (Lipinski definition) is 1. The summed E-state index contributed by atoms with van der Waals surface area (Å²) in [7, 11) is 0. The Hall–Kier alpha value is -2.97. The molecule has 0 atom stereocenters. The Labute approximate surface area is 226 Å². The number of nitrogens with one attached hydrogen (secondary N) is 1. The number of halogens is 1. The maximum absolute atomic E-state index is 13.0. The van der Waals surface area contributed by atoms with Gasteiger partial charge in [-0.15, -0.1) is 0 Å². The lowest BCUT2D eigenvalue weighted by molar-refractivity contribution is -0.123. The Balaban J connectivity index is 1.45. The molecule has 2 fully saturated rings. The second kappa shape index (κ2) is 12.5. The summed E-state index contributed by atoms with van der Waals surface area (Å²) >= 11 is 7.45. The standard InChI is InChI=1S/C28H31ClN2O5S/c1-3-35-23-14-20(15-24-27(33)31(28(34)37-24)16-19-7-5-4-6-8-19)13-22(29)26(23)36-17-25(32)30-21-11-9-18(2)10-12-21/h9-15,19H,3-8,16-17H2,1-2H3,(H,30,32)/b24-15+. The lowest BCUT2D eigenvalue weighted by Gasteiger charge is -2.25. The minimum absolute atomic E-state index is 0.238. The van der Waals surface area contributed by atoms with Crippen molar-refractivity contribution in [2.75, 3.05) is 25.1 Å². The number of aryl methyl sites for hydroxylation is 1. The third kappa shape index (κ3) is 7.08. The van der Waals surface area contributed by atoms with E-state index in [1.165, 1.54) is 11.3 Å². The molecule has 0 aromatic heterocycles. The molecule has 37 heavy (non-hydrogen) atoms. The maximum Gasteiger partial charge on any atom is 0.293 e. The molecule has 3 amide bonds. The average molecular weight is 543 g/mol. The van der Waals surface area contributed by atoms with Crippen LogP contribution in [0.15, 0.2) is 41.3 Å². The van der Waals surface area contributed by atoms with Gasteiger partial charge in [-0.2, -0.15) is 0 Å². The summed E-state index contributed by atoms with van der Waals surface area (Å²) in [6.45, 7) is 4.37. The van der Waals surface area contributed by atoms with Crippen molar-refractivity contribution in [3.8, 4) is 11.5 Å². The number of rotatable bonds is 9. The SMILES string of the molecule is CCOc1cc(/C=C2/SC(=O)N(CC3CCCCC3)C2=O)cc(Cl)c1OCC(=O)Nc1ccc(C)cc1. The fourth-order valence-electron chi connectivity index (χ4n) is 4.48. The Morgan fingerprint density at radius 3 is 2.57 bits per heavy atom. The first-order chi connectivity index (χ1) is 17.8.